The molecule has 0 saturated carbocycles. The number of dihydropyridines is 1. The van der Waals surface area contributed by atoms with Gasteiger partial charge in [-0.15, -0.1) is 0 Å². The predicted molar refractivity (Wildman–Crippen MR) is 98.1 cm³/mol. The van der Waals surface area contributed by atoms with Gasteiger partial charge in [-0.2, -0.15) is 5.26 Å². The van der Waals surface area contributed by atoms with Crippen molar-refractivity contribution in [2.75, 3.05) is 0 Å². The number of benzene rings is 2. The molecule has 1 atom stereocenters. The van der Waals surface area contributed by atoms with Gasteiger partial charge in [0.1, 0.15) is 0 Å². The van der Waals surface area contributed by atoms with E-state index >= 15 is 0 Å². The van der Waals surface area contributed by atoms with Gasteiger partial charge in [0.25, 0.3) is 0 Å². The van der Waals surface area contributed by atoms with Crippen molar-refractivity contribution in [3.05, 3.63) is 87.6 Å². The summed E-state index contributed by atoms with van der Waals surface area (Å²) in [6.45, 7) is 3.81. The SMILES string of the molecule is CC1=C(C#N)C(c2ccc(C)cc2)C2=C(N1)c1ccccc1C(=O)C2=O. The lowest BCUT2D eigenvalue weighted by Crippen LogP contribution is -2.35. The fourth-order valence-corrected chi connectivity index (χ4v) is 3.67. The van der Waals surface area contributed by atoms with Crippen molar-refractivity contribution < 1.29 is 9.59 Å². The van der Waals surface area contributed by atoms with E-state index in [1.807, 2.05) is 50.2 Å². The van der Waals surface area contributed by atoms with Crippen LogP contribution in [-0.4, -0.2) is 11.6 Å². The minimum atomic E-state index is -0.544. The number of aryl methyl sites for hydroxylation is 1. The third kappa shape index (κ3) is 2.21. The molecule has 0 aromatic heterocycles. The topological polar surface area (TPSA) is 70.0 Å². The van der Waals surface area contributed by atoms with E-state index in [1.54, 1.807) is 12.1 Å². The minimum Gasteiger partial charge on any atom is -0.357 e. The summed E-state index contributed by atoms with van der Waals surface area (Å²) >= 11 is 0. The van der Waals surface area contributed by atoms with Crippen molar-refractivity contribution >= 4 is 17.3 Å². The van der Waals surface area contributed by atoms with Crippen molar-refractivity contribution in [1.29, 1.82) is 5.26 Å². The van der Waals surface area contributed by atoms with Crippen molar-refractivity contribution in [1.82, 2.24) is 5.32 Å². The van der Waals surface area contributed by atoms with Crippen LogP contribution >= 0.6 is 0 Å². The first-order valence-corrected chi connectivity index (χ1v) is 8.40. The summed E-state index contributed by atoms with van der Waals surface area (Å²) in [5, 5.41) is 12.9. The van der Waals surface area contributed by atoms with E-state index in [0.717, 1.165) is 11.1 Å². The van der Waals surface area contributed by atoms with Crippen LogP contribution in [0.5, 0.6) is 0 Å². The maximum Gasteiger partial charge on any atom is 0.233 e. The number of allylic oxidation sites excluding steroid dienone is 3. The summed E-state index contributed by atoms with van der Waals surface area (Å²) in [5.74, 6) is -1.60. The number of ketones is 2. The normalized spacial score (nSPS) is 18.9. The lowest BCUT2D eigenvalue weighted by atomic mass is 9.73. The second-order valence-electron chi connectivity index (χ2n) is 6.61. The highest BCUT2D eigenvalue weighted by Gasteiger charge is 2.41. The zero-order valence-corrected chi connectivity index (χ0v) is 14.5. The van der Waals surface area contributed by atoms with Crippen LogP contribution in [0.3, 0.4) is 0 Å². The average Bonchev–Trinajstić information content (AvgIpc) is 2.66. The van der Waals surface area contributed by atoms with E-state index in [-0.39, 0.29) is 0 Å². The highest BCUT2D eigenvalue weighted by Crippen LogP contribution is 2.43. The number of nitriles is 1. The molecule has 1 aliphatic carbocycles. The molecule has 0 bridgehead atoms. The van der Waals surface area contributed by atoms with Gasteiger partial charge < -0.3 is 5.32 Å². The van der Waals surface area contributed by atoms with E-state index in [0.29, 0.717) is 33.7 Å². The standard InChI is InChI=1S/C22H16N2O2/c1-12-7-9-14(10-8-12)18-17(11-23)13(2)24-20-15-5-3-4-6-16(15)21(25)22(26)19(18)20/h3-10,18,24H,1-2H3. The highest BCUT2D eigenvalue weighted by molar-refractivity contribution is 6.52. The molecule has 26 heavy (non-hydrogen) atoms. The van der Waals surface area contributed by atoms with Crippen LogP contribution in [0.15, 0.2) is 65.4 Å². The van der Waals surface area contributed by atoms with Crippen LogP contribution in [0.2, 0.25) is 0 Å². The first kappa shape index (κ1) is 16.0. The zero-order valence-electron chi connectivity index (χ0n) is 14.5. The van der Waals surface area contributed by atoms with Gasteiger partial charge in [-0.25, -0.2) is 0 Å². The van der Waals surface area contributed by atoms with Crippen molar-refractivity contribution in [3.63, 3.8) is 0 Å². The number of carbonyl (C=O) groups is 2. The molecule has 0 radical (unpaired) electrons. The molecule has 0 fully saturated rings. The smallest absolute Gasteiger partial charge is 0.233 e. The van der Waals surface area contributed by atoms with E-state index in [4.69, 9.17) is 0 Å². The third-order valence-corrected chi connectivity index (χ3v) is 4.99. The largest absolute Gasteiger partial charge is 0.357 e. The van der Waals surface area contributed by atoms with E-state index in [9.17, 15) is 14.9 Å². The number of fused-ring (bicyclic) bond motifs is 2. The molecule has 0 amide bonds. The average molecular weight is 340 g/mol. The maximum absolute atomic E-state index is 13.0. The lowest BCUT2D eigenvalue weighted by molar-refractivity contribution is -0.112. The summed E-state index contributed by atoms with van der Waals surface area (Å²) in [6, 6.07) is 17.0. The number of nitrogens with one attached hydrogen (secondary N) is 1. The summed E-state index contributed by atoms with van der Waals surface area (Å²) in [5.41, 5.74) is 5.20. The number of Topliss-reactive ketones (excluding diaryl/α,β-unsaturated/α-hetero) is 2. The summed E-state index contributed by atoms with van der Waals surface area (Å²) < 4.78 is 0. The first-order chi connectivity index (χ1) is 12.5. The van der Waals surface area contributed by atoms with Crippen LogP contribution in [0.4, 0.5) is 0 Å². The van der Waals surface area contributed by atoms with Gasteiger partial charge in [0.05, 0.1) is 23.3 Å². The van der Waals surface area contributed by atoms with Gasteiger partial charge >= 0.3 is 0 Å². The maximum atomic E-state index is 13.0. The van der Waals surface area contributed by atoms with Gasteiger partial charge in [0, 0.05) is 22.4 Å². The Labute approximate surface area is 151 Å². The molecule has 4 heteroatoms. The molecular weight excluding hydrogens is 324 g/mol. The molecule has 0 spiro atoms. The fraction of sp³-hybridized carbons (Fsp3) is 0.136. The lowest BCUT2D eigenvalue weighted by Gasteiger charge is -2.33. The predicted octanol–water partition coefficient (Wildman–Crippen LogP) is 3.66. The second-order valence-corrected chi connectivity index (χ2v) is 6.61. The summed E-state index contributed by atoms with van der Waals surface area (Å²) in [4.78, 5) is 25.6. The molecule has 1 unspecified atom stereocenters. The number of hydrogen-bond donors (Lipinski definition) is 1. The van der Waals surface area contributed by atoms with Gasteiger partial charge in [-0.3, -0.25) is 9.59 Å². The monoisotopic (exact) mass is 340 g/mol. The molecule has 1 N–H and O–H groups in total. The number of nitrogens with zero attached hydrogens (tertiary/aromatic N) is 1. The molecule has 4 nitrogen and oxygen atoms in total. The van der Waals surface area contributed by atoms with E-state index < -0.39 is 17.5 Å². The highest BCUT2D eigenvalue weighted by atomic mass is 16.2. The van der Waals surface area contributed by atoms with Gasteiger partial charge in [-0.1, -0.05) is 54.1 Å². The third-order valence-electron chi connectivity index (χ3n) is 4.99. The van der Waals surface area contributed by atoms with Crippen LogP contribution in [0, 0.1) is 18.3 Å². The molecule has 1 heterocycles. The fourth-order valence-electron chi connectivity index (χ4n) is 3.67. The van der Waals surface area contributed by atoms with Gasteiger partial charge in [-0.05, 0) is 19.4 Å². The van der Waals surface area contributed by atoms with E-state index in [1.165, 1.54) is 0 Å². The van der Waals surface area contributed by atoms with Gasteiger partial charge in [0.15, 0.2) is 0 Å². The van der Waals surface area contributed by atoms with Gasteiger partial charge in [0.2, 0.25) is 11.6 Å². The Balaban J connectivity index is 2.01. The molecule has 2 aromatic carbocycles. The number of carbonyl (C=O) groups excluding carboxylic acids is 2. The van der Waals surface area contributed by atoms with Crippen molar-refractivity contribution in [3.8, 4) is 6.07 Å². The molecule has 1 aliphatic heterocycles. The Bertz CT molecular complexity index is 1070. The number of hydrogen-bond acceptors (Lipinski definition) is 4. The number of rotatable bonds is 1. The molecule has 2 aromatic rings. The summed E-state index contributed by atoms with van der Waals surface area (Å²) in [6.07, 6.45) is 0. The molecule has 4 rings (SSSR count). The van der Waals surface area contributed by atoms with Crippen LogP contribution in [-0.2, 0) is 4.79 Å². The Kier molecular flexibility index (Phi) is 3.59. The van der Waals surface area contributed by atoms with Crippen molar-refractivity contribution in [2.24, 2.45) is 0 Å². The molecule has 0 saturated heterocycles. The first-order valence-electron chi connectivity index (χ1n) is 8.40. The quantitative estimate of drug-likeness (QED) is 0.805. The second kappa shape index (κ2) is 5.82. The van der Waals surface area contributed by atoms with E-state index in [2.05, 4.69) is 11.4 Å². The molecular formula is C22H16N2O2. The molecule has 126 valence electrons. The Morgan fingerprint density at radius 2 is 1.58 bits per heavy atom. The van der Waals surface area contributed by atoms with Crippen molar-refractivity contribution in [2.45, 2.75) is 19.8 Å². The Morgan fingerprint density at radius 3 is 2.23 bits per heavy atom. The Morgan fingerprint density at radius 1 is 0.923 bits per heavy atom. The van der Waals surface area contributed by atoms with Crippen LogP contribution < -0.4 is 5.32 Å². The summed E-state index contributed by atoms with van der Waals surface area (Å²) in [7, 11) is 0. The Hall–Kier alpha value is -3.45. The van der Waals surface area contributed by atoms with Crippen LogP contribution in [0.1, 0.15) is 39.9 Å². The van der Waals surface area contributed by atoms with Crippen LogP contribution in [0.25, 0.3) is 5.70 Å². The minimum absolute atomic E-state index is 0.361. The molecule has 2 aliphatic rings. The zero-order chi connectivity index (χ0) is 18.4.